The molecule has 3 aromatic rings. The number of phenolic OH excluding ortho intramolecular Hbond substituents is 1. The highest BCUT2D eigenvalue weighted by Gasteiger charge is 2.20. The predicted octanol–water partition coefficient (Wildman–Crippen LogP) is 7.38. The van der Waals surface area contributed by atoms with E-state index < -0.39 is 0 Å². The van der Waals surface area contributed by atoms with E-state index in [1.54, 1.807) is 30.0 Å². The monoisotopic (exact) mass is 457 g/mol. The zero-order chi connectivity index (χ0) is 23.2. The van der Waals surface area contributed by atoms with E-state index in [0.29, 0.717) is 18.0 Å². The summed E-state index contributed by atoms with van der Waals surface area (Å²) in [5, 5.41) is 12.5. The van der Waals surface area contributed by atoms with E-state index >= 15 is 0 Å². The second-order valence-electron chi connectivity index (χ2n) is 8.79. The highest BCUT2D eigenvalue weighted by molar-refractivity contribution is 7.99. The van der Waals surface area contributed by atoms with Crippen molar-refractivity contribution in [3.8, 4) is 5.75 Å². The first-order valence-corrected chi connectivity index (χ1v) is 12.5. The lowest BCUT2D eigenvalue weighted by Crippen LogP contribution is -2.22. The number of benzene rings is 3. The number of aromatic hydroxyl groups is 1. The fourth-order valence-corrected chi connectivity index (χ4v) is 5.51. The first-order valence-electron chi connectivity index (χ1n) is 11.6. The molecule has 0 heterocycles. The molecule has 3 aromatic carbocycles. The number of rotatable bonds is 7. The number of hydrogen-bond donors (Lipinski definition) is 2. The number of nitrogens with one attached hydrogen (secondary N) is 1. The fraction of sp³-hybridized carbons (Fsp3) is 0.276. The molecule has 4 rings (SSSR count). The Labute approximate surface area is 200 Å². The van der Waals surface area contributed by atoms with Gasteiger partial charge < -0.3 is 10.4 Å². The van der Waals surface area contributed by atoms with Gasteiger partial charge in [0.15, 0.2) is 0 Å². The van der Waals surface area contributed by atoms with Gasteiger partial charge in [0.1, 0.15) is 5.75 Å². The summed E-state index contributed by atoms with van der Waals surface area (Å²) in [5.41, 5.74) is 5.09. The van der Waals surface area contributed by atoms with Crippen LogP contribution in [0.1, 0.15) is 59.2 Å². The maximum Gasteiger partial charge on any atom is 0.251 e. The summed E-state index contributed by atoms with van der Waals surface area (Å²) in [7, 11) is 0. The number of allylic oxidation sites excluding steroid dienone is 1. The van der Waals surface area contributed by atoms with Gasteiger partial charge in [-0.15, -0.1) is 0 Å². The number of phenols is 1. The van der Waals surface area contributed by atoms with Crippen LogP contribution in [-0.4, -0.2) is 11.0 Å². The van der Waals surface area contributed by atoms with E-state index in [9.17, 15) is 9.90 Å². The van der Waals surface area contributed by atoms with Crippen LogP contribution < -0.4 is 5.32 Å². The third kappa shape index (κ3) is 5.88. The van der Waals surface area contributed by atoms with Crippen LogP contribution in [0.2, 0.25) is 0 Å². The second kappa shape index (κ2) is 10.8. The van der Waals surface area contributed by atoms with Crippen LogP contribution in [0.5, 0.6) is 5.75 Å². The fourth-order valence-electron chi connectivity index (χ4n) is 4.47. The van der Waals surface area contributed by atoms with Gasteiger partial charge in [0.25, 0.3) is 5.91 Å². The second-order valence-corrected chi connectivity index (χ2v) is 9.88. The summed E-state index contributed by atoms with van der Waals surface area (Å²) in [4.78, 5) is 15.0. The van der Waals surface area contributed by atoms with Crippen molar-refractivity contribution >= 4 is 23.2 Å². The van der Waals surface area contributed by atoms with Crippen LogP contribution >= 0.6 is 11.8 Å². The molecule has 1 amide bonds. The summed E-state index contributed by atoms with van der Waals surface area (Å²) < 4.78 is 0. The molecule has 0 saturated heterocycles. The Bertz CT molecular complexity index is 1150. The van der Waals surface area contributed by atoms with Crippen LogP contribution in [-0.2, 0) is 6.54 Å². The standard InChI is InChI=1S/C29H31NO2S/c1-20-17-24(29(32)30-19-22-9-8-12-25(31)18-22)15-16-27(20)33-28-14-7-6-13-26(28)21(2)23-10-4-3-5-11-23/h6-9,12-18,23,31H,2-5,10-11,19H2,1H3,(H,30,32). The van der Waals surface area contributed by atoms with Gasteiger partial charge in [0.2, 0.25) is 0 Å². The topological polar surface area (TPSA) is 49.3 Å². The molecule has 170 valence electrons. The van der Waals surface area contributed by atoms with E-state index in [0.717, 1.165) is 16.0 Å². The van der Waals surface area contributed by atoms with Gasteiger partial charge in [0, 0.05) is 21.9 Å². The number of carbonyl (C=O) groups excluding carboxylic acids is 1. The quantitative estimate of drug-likeness (QED) is 0.389. The molecule has 1 aliphatic rings. The molecule has 1 saturated carbocycles. The van der Waals surface area contributed by atoms with Gasteiger partial charge in [-0.1, -0.05) is 67.9 Å². The third-order valence-corrected chi connectivity index (χ3v) is 7.61. The van der Waals surface area contributed by atoms with Gasteiger partial charge in [0.05, 0.1) is 0 Å². The molecule has 2 N–H and O–H groups in total. The van der Waals surface area contributed by atoms with Crippen LogP contribution in [0, 0.1) is 12.8 Å². The van der Waals surface area contributed by atoms with Gasteiger partial charge in [-0.2, -0.15) is 0 Å². The number of carbonyl (C=O) groups is 1. The minimum atomic E-state index is -0.121. The largest absolute Gasteiger partial charge is 0.508 e. The van der Waals surface area contributed by atoms with Gasteiger partial charge in [-0.25, -0.2) is 0 Å². The van der Waals surface area contributed by atoms with Crippen molar-refractivity contribution < 1.29 is 9.90 Å². The molecule has 3 nitrogen and oxygen atoms in total. The first-order chi connectivity index (χ1) is 16.0. The zero-order valence-electron chi connectivity index (χ0n) is 19.1. The van der Waals surface area contributed by atoms with Crippen LogP contribution in [0.3, 0.4) is 0 Å². The summed E-state index contributed by atoms with van der Waals surface area (Å²) in [5.74, 6) is 0.661. The summed E-state index contributed by atoms with van der Waals surface area (Å²) in [6, 6.07) is 21.3. The van der Waals surface area contributed by atoms with Crippen molar-refractivity contribution in [1.82, 2.24) is 5.32 Å². The van der Waals surface area contributed by atoms with E-state index in [2.05, 4.69) is 36.2 Å². The highest BCUT2D eigenvalue weighted by Crippen LogP contribution is 2.40. The minimum absolute atomic E-state index is 0.121. The van der Waals surface area contributed by atoms with Crippen molar-refractivity contribution in [2.24, 2.45) is 5.92 Å². The van der Waals surface area contributed by atoms with Gasteiger partial charge in [-0.05, 0) is 84.3 Å². The molecule has 0 unspecified atom stereocenters. The Balaban J connectivity index is 1.45. The molecular formula is C29H31NO2S. The average Bonchev–Trinajstić information content (AvgIpc) is 2.84. The smallest absolute Gasteiger partial charge is 0.251 e. The van der Waals surface area contributed by atoms with Gasteiger partial charge in [-0.3, -0.25) is 4.79 Å². The van der Waals surface area contributed by atoms with E-state index in [-0.39, 0.29) is 11.7 Å². The average molecular weight is 458 g/mol. The highest BCUT2D eigenvalue weighted by atomic mass is 32.2. The Kier molecular flexibility index (Phi) is 7.56. The summed E-state index contributed by atoms with van der Waals surface area (Å²) in [6.45, 7) is 6.90. The Morgan fingerprint density at radius 1 is 1.00 bits per heavy atom. The molecule has 0 radical (unpaired) electrons. The maximum absolute atomic E-state index is 12.7. The van der Waals surface area contributed by atoms with Crippen molar-refractivity contribution in [3.05, 3.63) is 95.6 Å². The van der Waals surface area contributed by atoms with Crippen molar-refractivity contribution in [2.75, 3.05) is 0 Å². The van der Waals surface area contributed by atoms with Crippen LogP contribution in [0.25, 0.3) is 5.57 Å². The first kappa shape index (κ1) is 23.2. The lowest BCUT2D eigenvalue weighted by molar-refractivity contribution is 0.0950. The molecule has 33 heavy (non-hydrogen) atoms. The molecule has 4 heteroatoms. The number of amides is 1. The van der Waals surface area contributed by atoms with E-state index in [4.69, 9.17) is 0 Å². The molecule has 1 fully saturated rings. The van der Waals surface area contributed by atoms with Crippen molar-refractivity contribution in [3.63, 3.8) is 0 Å². The summed E-state index contributed by atoms with van der Waals surface area (Å²) in [6.07, 6.45) is 6.42. The Morgan fingerprint density at radius 2 is 1.79 bits per heavy atom. The molecule has 0 aliphatic heterocycles. The Hall–Kier alpha value is -2.98. The molecule has 0 bridgehead atoms. The van der Waals surface area contributed by atoms with Crippen molar-refractivity contribution in [1.29, 1.82) is 0 Å². The van der Waals surface area contributed by atoms with E-state index in [1.165, 1.54) is 48.1 Å². The van der Waals surface area contributed by atoms with Crippen molar-refractivity contribution in [2.45, 2.75) is 55.4 Å². The normalized spacial score (nSPS) is 14.1. The predicted molar refractivity (Wildman–Crippen MR) is 137 cm³/mol. The SMILES string of the molecule is C=C(c1ccccc1Sc1ccc(C(=O)NCc2cccc(O)c2)cc1C)C1CCCCC1. The zero-order valence-corrected chi connectivity index (χ0v) is 20.0. The van der Waals surface area contributed by atoms with E-state index in [1.807, 2.05) is 31.2 Å². The molecule has 0 aromatic heterocycles. The molecule has 0 atom stereocenters. The van der Waals surface area contributed by atoms with Gasteiger partial charge >= 0.3 is 0 Å². The Morgan fingerprint density at radius 3 is 2.55 bits per heavy atom. The third-order valence-electron chi connectivity index (χ3n) is 6.35. The lowest BCUT2D eigenvalue weighted by Gasteiger charge is -2.25. The van der Waals surface area contributed by atoms with Crippen LogP contribution in [0.15, 0.2) is 83.1 Å². The summed E-state index contributed by atoms with van der Waals surface area (Å²) >= 11 is 1.75. The number of aryl methyl sites for hydroxylation is 1. The maximum atomic E-state index is 12.7. The number of hydrogen-bond acceptors (Lipinski definition) is 3. The molecular weight excluding hydrogens is 426 g/mol. The minimum Gasteiger partial charge on any atom is -0.508 e. The molecule has 1 aliphatic carbocycles. The van der Waals surface area contributed by atoms with Crippen LogP contribution in [0.4, 0.5) is 0 Å². The molecule has 0 spiro atoms. The lowest BCUT2D eigenvalue weighted by atomic mass is 9.82.